The molecule has 3 aromatic rings. The molecular formula is C21H29N7O2. The molecule has 6 N–H and O–H groups in total. The Bertz CT molecular complexity index is 1020. The fourth-order valence-corrected chi connectivity index (χ4v) is 3.35. The highest BCUT2D eigenvalue weighted by Crippen LogP contribution is 2.25. The molecule has 0 bridgehead atoms. The molecule has 0 saturated heterocycles. The van der Waals surface area contributed by atoms with Crippen LogP contribution in [0.2, 0.25) is 0 Å². The lowest BCUT2D eigenvalue weighted by molar-refractivity contribution is -0.125. The number of nitrogens with two attached hydrogens (primary N) is 2. The van der Waals surface area contributed by atoms with Crippen LogP contribution >= 0.6 is 0 Å². The van der Waals surface area contributed by atoms with E-state index in [9.17, 15) is 4.79 Å². The number of benzene rings is 1. The third-order valence-corrected chi connectivity index (χ3v) is 4.78. The van der Waals surface area contributed by atoms with Gasteiger partial charge in [0.15, 0.2) is 5.82 Å². The molecule has 1 aromatic carbocycles. The number of ether oxygens (including phenoxy) is 1. The number of carbonyl (C=O) groups is 1. The summed E-state index contributed by atoms with van der Waals surface area (Å²) < 4.78 is 7.45. The van der Waals surface area contributed by atoms with Crippen molar-refractivity contribution in [2.75, 3.05) is 43.6 Å². The minimum atomic E-state index is -0.0850. The molecule has 0 atom stereocenters. The quantitative estimate of drug-likeness (QED) is 0.295. The Morgan fingerprint density at radius 1 is 1.23 bits per heavy atom. The first-order valence-electron chi connectivity index (χ1n) is 10.0. The Hall–Kier alpha value is -3.33. The molecule has 9 heteroatoms. The SMILES string of the molecule is CCNC(=O)COCCCc1ccc(Cn2ccc3nc(N)nc(NC)c32)c(N)c1. The van der Waals surface area contributed by atoms with Crippen LogP contribution < -0.4 is 22.1 Å². The van der Waals surface area contributed by atoms with E-state index in [1.165, 1.54) is 0 Å². The summed E-state index contributed by atoms with van der Waals surface area (Å²) in [6.45, 7) is 3.74. The second-order valence-corrected chi connectivity index (χ2v) is 7.00. The average Bonchev–Trinajstić information content (AvgIpc) is 3.11. The first-order chi connectivity index (χ1) is 14.5. The Labute approximate surface area is 175 Å². The van der Waals surface area contributed by atoms with Crippen LogP contribution in [-0.2, 0) is 22.5 Å². The number of rotatable bonds is 10. The molecule has 0 spiro atoms. The molecule has 9 nitrogen and oxygen atoms in total. The van der Waals surface area contributed by atoms with Gasteiger partial charge in [0.2, 0.25) is 11.9 Å². The van der Waals surface area contributed by atoms with E-state index in [4.69, 9.17) is 16.2 Å². The third kappa shape index (κ3) is 5.18. The van der Waals surface area contributed by atoms with Crippen LogP contribution in [0.15, 0.2) is 30.5 Å². The van der Waals surface area contributed by atoms with Gasteiger partial charge in [-0.25, -0.2) is 4.98 Å². The number of nitrogens with zero attached hydrogens (tertiary/aromatic N) is 3. The monoisotopic (exact) mass is 411 g/mol. The van der Waals surface area contributed by atoms with E-state index in [0.29, 0.717) is 25.5 Å². The number of anilines is 3. The molecule has 0 saturated carbocycles. The number of nitrogens with one attached hydrogen (secondary N) is 2. The molecule has 0 aliphatic heterocycles. The summed E-state index contributed by atoms with van der Waals surface area (Å²) in [5.74, 6) is 0.840. The van der Waals surface area contributed by atoms with E-state index in [-0.39, 0.29) is 18.5 Å². The highest BCUT2D eigenvalue weighted by atomic mass is 16.5. The van der Waals surface area contributed by atoms with Crippen LogP contribution in [0, 0.1) is 0 Å². The molecular weight excluding hydrogens is 382 g/mol. The van der Waals surface area contributed by atoms with Gasteiger partial charge in [-0.1, -0.05) is 12.1 Å². The van der Waals surface area contributed by atoms with Crippen molar-refractivity contribution < 1.29 is 9.53 Å². The third-order valence-electron chi connectivity index (χ3n) is 4.78. The van der Waals surface area contributed by atoms with Crippen LogP contribution in [0.3, 0.4) is 0 Å². The second-order valence-electron chi connectivity index (χ2n) is 7.00. The summed E-state index contributed by atoms with van der Waals surface area (Å²) in [5, 5.41) is 5.78. The summed E-state index contributed by atoms with van der Waals surface area (Å²) in [4.78, 5) is 19.9. The summed E-state index contributed by atoms with van der Waals surface area (Å²) in [6, 6.07) is 8.04. The summed E-state index contributed by atoms with van der Waals surface area (Å²) in [5.41, 5.74) is 16.7. The second kappa shape index (κ2) is 9.93. The topological polar surface area (TPSA) is 133 Å². The van der Waals surface area contributed by atoms with E-state index in [0.717, 1.165) is 40.7 Å². The number of hydrogen-bond acceptors (Lipinski definition) is 7. The van der Waals surface area contributed by atoms with Gasteiger partial charge in [-0.3, -0.25) is 4.79 Å². The van der Waals surface area contributed by atoms with E-state index in [1.54, 1.807) is 0 Å². The summed E-state index contributed by atoms with van der Waals surface area (Å²) >= 11 is 0. The molecule has 2 aromatic heterocycles. The molecule has 0 fully saturated rings. The average molecular weight is 412 g/mol. The summed E-state index contributed by atoms with van der Waals surface area (Å²) in [6.07, 6.45) is 3.62. The first kappa shape index (κ1) is 21.4. The van der Waals surface area contributed by atoms with Crippen LogP contribution in [0.4, 0.5) is 17.5 Å². The fraction of sp³-hybridized carbons (Fsp3) is 0.381. The van der Waals surface area contributed by atoms with Gasteiger partial charge in [-0.2, -0.15) is 4.98 Å². The lowest BCUT2D eigenvalue weighted by atomic mass is 10.1. The maximum absolute atomic E-state index is 11.4. The highest BCUT2D eigenvalue weighted by molar-refractivity contribution is 5.87. The van der Waals surface area contributed by atoms with Crippen molar-refractivity contribution in [1.82, 2.24) is 19.9 Å². The Kier molecular flexibility index (Phi) is 7.08. The predicted molar refractivity (Wildman–Crippen MR) is 119 cm³/mol. The zero-order valence-electron chi connectivity index (χ0n) is 17.4. The van der Waals surface area contributed by atoms with Crippen molar-refractivity contribution in [2.45, 2.75) is 26.3 Å². The Balaban J connectivity index is 1.61. The molecule has 3 rings (SSSR count). The van der Waals surface area contributed by atoms with Gasteiger partial charge in [-0.05, 0) is 43.0 Å². The van der Waals surface area contributed by atoms with Gasteiger partial charge in [-0.15, -0.1) is 0 Å². The molecule has 30 heavy (non-hydrogen) atoms. The largest absolute Gasteiger partial charge is 0.398 e. The van der Waals surface area contributed by atoms with Crippen LogP contribution in [0.5, 0.6) is 0 Å². The number of carbonyl (C=O) groups excluding carboxylic acids is 1. The van der Waals surface area contributed by atoms with E-state index >= 15 is 0 Å². The van der Waals surface area contributed by atoms with Gasteiger partial charge >= 0.3 is 0 Å². The number of aromatic nitrogens is 3. The number of amides is 1. The maximum Gasteiger partial charge on any atom is 0.245 e. The molecule has 0 aliphatic rings. The number of hydrogen-bond donors (Lipinski definition) is 4. The van der Waals surface area contributed by atoms with Gasteiger partial charge in [0.05, 0.1) is 5.52 Å². The smallest absolute Gasteiger partial charge is 0.245 e. The Morgan fingerprint density at radius 2 is 2.07 bits per heavy atom. The molecule has 160 valence electrons. The van der Waals surface area contributed by atoms with Gasteiger partial charge in [0.1, 0.15) is 12.1 Å². The van der Waals surface area contributed by atoms with Gasteiger partial charge in [0, 0.05) is 38.6 Å². The van der Waals surface area contributed by atoms with Crippen LogP contribution in [0.1, 0.15) is 24.5 Å². The number of fused-ring (bicyclic) bond motifs is 1. The van der Waals surface area contributed by atoms with Gasteiger partial charge in [0.25, 0.3) is 0 Å². The van der Waals surface area contributed by atoms with Crippen molar-refractivity contribution in [2.24, 2.45) is 0 Å². The van der Waals surface area contributed by atoms with E-state index in [2.05, 4.69) is 31.2 Å². The summed E-state index contributed by atoms with van der Waals surface area (Å²) in [7, 11) is 1.81. The van der Waals surface area contributed by atoms with Crippen molar-refractivity contribution >= 4 is 34.4 Å². The number of aryl methyl sites for hydroxylation is 1. The van der Waals surface area contributed by atoms with Crippen LogP contribution in [-0.4, -0.2) is 47.2 Å². The van der Waals surface area contributed by atoms with Crippen molar-refractivity contribution in [3.63, 3.8) is 0 Å². The standard InChI is InChI=1S/C21H29N7O2/c1-3-25-18(29)13-30-10-4-5-14-6-7-15(16(22)11-14)12-28-9-8-17-19(28)20(24-2)27-21(23)26-17/h6-9,11H,3-5,10,12-13,22H2,1-2H3,(H,25,29)(H3,23,24,26,27). The number of nitrogen functional groups attached to an aromatic ring is 2. The first-order valence-corrected chi connectivity index (χ1v) is 10.0. The van der Waals surface area contributed by atoms with Crippen molar-refractivity contribution in [3.8, 4) is 0 Å². The maximum atomic E-state index is 11.4. The highest BCUT2D eigenvalue weighted by Gasteiger charge is 2.12. The zero-order valence-corrected chi connectivity index (χ0v) is 17.4. The molecule has 1 amide bonds. The van der Waals surface area contributed by atoms with Gasteiger partial charge < -0.3 is 31.4 Å². The molecule has 2 heterocycles. The zero-order chi connectivity index (χ0) is 21.5. The van der Waals surface area contributed by atoms with Crippen LogP contribution in [0.25, 0.3) is 11.0 Å². The molecule has 0 radical (unpaired) electrons. The molecule has 0 unspecified atom stereocenters. The number of likely N-dealkylation sites (N-methyl/N-ethyl adjacent to an activating group) is 1. The van der Waals surface area contributed by atoms with Crippen molar-refractivity contribution in [1.29, 1.82) is 0 Å². The van der Waals surface area contributed by atoms with E-state index < -0.39 is 0 Å². The molecule has 0 aliphatic carbocycles. The predicted octanol–water partition coefficient (Wildman–Crippen LogP) is 1.77. The lowest BCUT2D eigenvalue weighted by Crippen LogP contribution is -2.27. The van der Waals surface area contributed by atoms with E-state index in [1.807, 2.05) is 38.4 Å². The van der Waals surface area contributed by atoms with Crippen molar-refractivity contribution in [3.05, 3.63) is 41.6 Å². The fourth-order valence-electron chi connectivity index (χ4n) is 3.35. The normalized spacial score (nSPS) is 11.0. The Morgan fingerprint density at radius 3 is 2.80 bits per heavy atom. The lowest BCUT2D eigenvalue weighted by Gasteiger charge is -2.12. The minimum Gasteiger partial charge on any atom is -0.398 e. The minimum absolute atomic E-state index is 0.0850.